The van der Waals surface area contributed by atoms with Gasteiger partial charge in [0.25, 0.3) is 0 Å². The van der Waals surface area contributed by atoms with Gasteiger partial charge in [0, 0.05) is 22.3 Å². The molecule has 2 rings (SSSR count). The second-order valence-electron chi connectivity index (χ2n) is 4.24. The van der Waals surface area contributed by atoms with Crippen LogP contribution >= 0.6 is 27.7 Å². The van der Waals surface area contributed by atoms with Crippen LogP contribution in [-0.4, -0.2) is 17.5 Å². The molecule has 2 unspecified atom stereocenters. The summed E-state index contributed by atoms with van der Waals surface area (Å²) in [6.45, 7) is 2.25. The fourth-order valence-corrected chi connectivity index (χ4v) is 3.52. The number of rotatable bonds is 4. The Bertz CT molecular complexity index is 319. The van der Waals surface area contributed by atoms with Crippen LogP contribution < -0.4 is 5.32 Å². The van der Waals surface area contributed by atoms with Crippen molar-refractivity contribution < 1.29 is 0 Å². The number of benzene rings is 1. The summed E-state index contributed by atoms with van der Waals surface area (Å²) in [7, 11) is 0. The maximum atomic E-state index is 3.77. The van der Waals surface area contributed by atoms with Crippen LogP contribution in [0.5, 0.6) is 0 Å². The van der Waals surface area contributed by atoms with Gasteiger partial charge in [-0.25, -0.2) is 0 Å². The molecule has 1 nitrogen and oxygen atoms in total. The van der Waals surface area contributed by atoms with Crippen molar-refractivity contribution in [1.82, 2.24) is 5.32 Å². The van der Waals surface area contributed by atoms with Crippen molar-refractivity contribution in [3.05, 3.63) is 34.3 Å². The van der Waals surface area contributed by atoms with Crippen molar-refractivity contribution in [2.75, 3.05) is 11.5 Å². The van der Waals surface area contributed by atoms with Gasteiger partial charge in [0.15, 0.2) is 0 Å². The molecule has 1 N–H and O–H groups in total. The molecular weight excluding hydrogens is 282 g/mol. The zero-order chi connectivity index (χ0) is 11.4. The first-order valence-corrected chi connectivity index (χ1v) is 7.83. The molecule has 3 heteroatoms. The molecule has 0 saturated carbocycles. The van der Waals surface area contributed by atoms with Crippen LogP contribution in [0.4, 0.5) is 0 Å². The lowest BCUT2D eigenvalue weighted by molar-refractivity contribution is 0.451. The Morgan fingerprint density at radius 3 is 2.75 bits per heavy atom. The third kappa shape index (κ3) is 3.25. The Labute approximate surface area is 111 Å². The Kier molecular flexibility index (Phi) is 4.74. The number of halogens is 1. The second kappa shape index (κ2) is 6.08. The van der Waals surface area contributed by atoms with E-state index in [9.17, 15) is 0 Å². The van der Waals surface area contributed by atoms with Crippen molar-refractivity contribution in [3.8, 4) is 0 Å². The standard InChI is InChI=1S/C13H18BrNS/c1-2-13(15-12-7-8-16-9-12)10-3-5-11(14)6-4-10/h3-6,12-13,15H,2,7-9H2,1H3. The van der Waals surface area contributed by atoms with Crippen LogP contribution in [-0.2, 0) is 0 Å². The molecule has 0 aromatic heterocycles. The maximum absolute atomic E-state index is 3.77. The van der Waals surface area contributed by atoms with Crippen LogP contribution in [0.1, 0.15) is 31.4 Å². The highest BCUT2D eigenvalue weighted by molar-refractivity contribution is 9.10. The SMILES string of the molecule is CCC(NC1CCSC1)c1ccc(Br)cc1. The molecule has 1 fully saturated rings. The minimum atomic E-state index is 0.511. The van der Waals surface area contributed by atoms with E-state index in [0.717, 1.165) is 10.9 Å². The summed E-state index contributed by atoms with van der Waals surface area (Å²) in [6.07, 6.45) is 2.47. The second-order valence-corrected chi connectivity index (χ2v) is 6.31. The van der Waals surface area contributed by atoms with E-state index < -0.39 is 0 Å². The number of thioether (sulfide) groups is 1. The van der Waals surface area contributed by atoms with Crippen LogP contribution in [0.15, 0.2) is 28.7 Å². The summed E-state index contributed by atoms with van der Waals surface area (Å²) < 4.78 is 1.16. The zero-order valence-corrected chi connectivity index (χ0v) is 12.0. The Morgan fingerprint density at radius 2 is 2.19 bits per heavy atom. The molecule has 0 bridgehead atoms. The van der Waals surface area contributed by atoms with E-state index in [2.05, 4.69) is 64.2 Å². The van der Waals surface area contributed by atoms with Crippen molar-refractivity contribution in [1.29, 1.82) is 0 Å². The molecular formula is C13H18BrNS. The van der Waals surface area contributed by atoms with Crippen LogP contribution in [0.2, 0.25) is 0 Å². The summed E-state index contributed by atoms with van der Waals surface area (Å²) in [5, 5.41) is 3.77. The van der Waals surface area contributed by atoms with Gasteiger partial charge in [0.05, 0.1) is 0 Å². The van der Waals surface area contributed by atoms with E-state index in [-0.39, 0.29) is 0 Å². The maximum Gasteiger partial charge on any atom is 0.0320 e. The molecule has 88 valence electrons. The molecule has 1 aliphatic rings. The van der Waals surface area contributed by atoms with Crippen molar-refractivity contribution in [2.45, 2.75) is 31.8 Å². The first-order valence-electron chi connectivity index (χ1n) is 5.89. The quantitative estimate of drug-likeness (QED) is 0.902. The van der Waals surface area contributed by atoms with Gasteiger partial charge in [0.2, 0.25) is 0 Å². The third-order valence-corrected chi connectivity index (χ3v) is 4.74. The van der Waals surface area contributed by atoms with Gasteiger partial charge in [-0.2, -0.15) is 11.8 Å². The van der Waals surface area contributed by atoms with E-state index in [1.165, 1.54) is 23.5 Å². The third-order valence-electron chi connectivity index (χ3n) is 3.05. The van der Waals surface area contributed by atoms with Crippen LogP contribution in [0.3, 0.4) is 0 Å². The van der Waals surface area contributed by atoms with Gasteiger partial charge in [0.1, 0.15) is 0 Å². The molecule has 0 radical (unpaired) electrons. The molecule has 1 aliphatic heterocycles. The molecule has 16 heavy (non-hydrogen) atoms. The monoisotopic (exact) mass is 299 g/mol. The van der Waals surface area contributed by atoms with E-state index in [1.54, 1.807) is 0 Å². The highest BCUT2D eigenvalue weighted by Gasteiger charge is 2.19. The fourth-order valence-electron chi connectivity index (χ4n) is 2.10. The summed E-state index contributed by atoms with van der Waals surface area (Å²) in [5.74, 6) is 2.58. The largest absolute Gasteiger partial charge is 0.306 e. The predicted molar refractivity (Wildman–Crippen MR) is 76.0 cm³/mol. The van der Waals surface area contributed by atoms with E-state index in [0.29, 0.717) is 12.1 Å². The lowest BCUT2D eigenvalue weighted by atomic mass is 10.0. The van der Waals surface area contributed by atoms with Gasteiger partial charge in [-0.1, -0.05) is 35.0 Å². The number of hydrogen-bond donors (Lipinski definition) is 1. The van der Waals surface area contributed by atoms with Gasteiger partial charge in [-0.15, -0.1) is 0 Å². The molecule has 0 aliphatic carbocycles. The molecule has 2 atom stereocenters. The van der Waals surface area contributed by atoms with Gasteiger partial charge in [-0.3, -0.25) is 0 Å². The molecule has 0 amide bonds. The summed E-state index contributed by atoms with van der Waals surface area (Å²) in [6, 6.07) is 9.91. The Balaban J connectivity index is 2.00. The zero-order valence-electron chi connectivity index (χ0n) is 9.58. The lowest BCUT2D eigenvalue weighted by Crippen LogP contribution is -2.32. The Morgan fingerprint density at radius 1 is 1.44 bits per heavy atom. The average Bonchev–Trinajstić information content (AvgIpc) is 2.80. The van der Waals surface area contributed by atoms with Crippen LogP contribution in [0, 0.1) is 0 Å². The van der Waals surface area contributed by atoms with Gasteiger partial charge in [-0.05, 0) is 36.3 Å². The molecule has 1 aromatic rings. The Hall–Kier alpha value is 0.01000. The van der Waals surface area contributed by atoms with Crippen LogP contribution in [0.25, 0.3) is 0 Å². The topological polar surface area (TPSA) is 12.0 Å². The normalized spacial score (nSPS) is 22.2. The van der Waals surface area contributed by atoms with E-state index in [1.807, 2.05) is 0 Å². The van der Waals surface area contributed by atoms with E-state index in [4.69, 9.17) is 0 Å². The fraction of sp³-hybridized carbons (Fsp3) is 0.538. The van der Waals surface area contributed by atoms with Crippen molar-refractivity contribution >= 4 is 27.7 Å². The first-order chi connectivity index (χ1) is 7.79. The summed E-state index contributed by atoms with van der Waals surface area (Å²) in [4.78, 5) is 0. The van der Waals surface area contributed by atoms with E-state index >= 15 is 0 Å². The molecule has 1 aromatic carbocycles. The van der Waals surface area contributed by atoms with Gasteiger partial charge >= 0.3 is 0 Å². The highest BCUT2D eigenvalue weighted by atomic mass is 79.9. The number of nitrogens with one attached hydrogen (secondary N) is 1. The first kappa shape index (κ1) is 12.5. The average molecular weight is 300 g/mol. The molecule has 0 spiro atoms. The minimum Gasteiger partial charge on any atom is -0.306 e. The summed E-state index contributed by atoms with van der Waals surface area (Å²) in [5.41, 5.74) is 1.41. The predicted octanol–water partition coefficient (Wildman–Crippen LogP) is 4.00. The van der Waals surface area contributed by atoms with Gasteiger partial charge < -0.3 is 5.32 Å². The smallest absolute Gasteiger partial charge is 0.0320 e. The molecule has 1 saturated heterocycles. The lowest BCUT2D eigenvalue weighted by Gasteiger charge is -2.21. The van der Waals surface area contributed by atoms with Crippen molar-refractivity contribution in [3.63, 3.8) is 0 Å². The minimum absolute atomic E-state index is 0.511. The summed E-state index contributed by atoms with van der Waals surface area (Å²) >= 11 is 5.54. The van der Waals surface area contributed by atoms with Crippen molar-refractivity contribution in [2.24, 2.45) is 0 Å². The number of hydrogen-bond acceptors (Lipinski definition) is 2. The highest BCUT2D eigenvalue weighted by Crippen LogP contribution is 2.24. The molecule has 1 heterocycles.